The third-order valence-electron chi connectivity index (χ3n) is 6.07. The zero-order chi connectivity index (χ0) is 22.8. The molecule has 1 unspecified atom stereocenters. The Balaban J connectivity index is 1.42. The third kappa shape index (κ3) is 4.02. The molecule has 2 aliphatic heterocycles. The van der Waals surface area contributed by atoms with E-state index in [0.717, 1.165) is 42.0 Å². The van der Waals surface area contributed by atoms with Gasteiger partial charge in [-0.15, -0.1) is 15.3 Å². The summed E-state index contributed by atoms with van der Waals surface area (Å²) in [5.41, 5.74) is 5.57. The van der Waals surface area contributed by atoms with Crippen LogP contribution in [0.3, 0.4) is 0 Å². The zero-order valence-electron chi connectivity index (χ0n) is 19.1. The fourth-order valence-corrected chi connectivity index (χ4v) is 4.45. The SMILES string of the molecule is CCCN1C=C(C)N2CC(OC)=NN2C1Cc1ccc(-c2ccccc2-c2nn[nH]n2)cc1. The quantitative estimate of drug-likeness (QED) is 0.623. The van der Waals surface area contributed by atoms with E-state index in [1.807, 2.05) is 18.2 Å². The maximum Gasteiger partial charge on any atom is 0.229 e. The molecule has 2 aromatic carbocycles. The van der Waals surface area contributed by atoms with Gasteiger partial charge in [-0.3, -0.25) is 5.01 Å². The van der Waals surface area contributed by atoms with Crippen molar-refractivity contribution in [2.75, 3.05) is 20.2 Å². The molecule has 9 heteroatoms. The van der Waals surface area contributed by atoms with Gasteiger partial charge in [0, 0.05) is 30.4 Å². The number of aromatic amines is 1. The number of aromatic nitrogens is 4. The van der Waals surface area contributed by atoms with E-state index in [4.69, 9.17) is 9.84 Å². The molecule has 0 aliphatic carbocycles. The number of benzene rings is 2. The second-order valence-corrected chi connectivity index (χ2v) is 8.25. The lowest BCUT2D eigenvalue weighted by Crippen LogP contribution is -2.54. The second kappa shape index (κ2) is 8.93. The fraction of sp³-hybridized carbons (Fsp3) is 0.333. The summed E-state index contributed by atoms with van der Waals surface area (Å²) in [6.07, 6.45) is 4.25. The van der Waals surface area contributed by atoms with Gasteiger partial charge in [-0.25, -0.2) is 0 Å². The van der Waals surface area contributed by atoms with Crippen LogP contribution < -0.4 is 0 Å². The Morgan fingerprint density at radius 1 is 1.09 bits per heavy atom. The van der Waals surface area contributed by atoms with Gasteiger partial charge in [0.05, 0.1) is 7.11 Å². The van der Waals surface area contributed by atoms with E-state index in [9.17, 15) is 0 Å². The molecule has 1 atom stereocenters. The molecule has 3 aromatic rings. The van der Waals surface area contributed by atoms with Crippen LogP contribution in [-0.4, -0.2) is 67.9 Å². The Bertz CT molecular complexity index is 1160. The first-order chi connectivity index (χ1) is 16.2. The minimum atomic E-state index is 0.0961. The fourth-order valence-electron chi connectivity index (χ4n) is 4.45. The predicted molar refractivity (Wildman–Crippen MR) is 126 cm³/mol. The number of nitrogens with zero attached hydrogens (tertiary/aromatic N) is 7. The molecule has 9 nitrogen and oxygen atoms in total. The number of nitrogens with one attached hydrogen (secondary N) is 1. The van der Waals surface area contributed by atoms with Crippen LogP contribution in [0, 0.1) is 0 Å². The van der Waals surface area contributed by atoms with E-state index in [1.165, 1.54) is 11.3 Å². The molecule has 0 saturated carbocycles. The van der Waals surface area contributed by atoms with E-state index in [-0.39, 0.29) is 6.17 Å². The van der Waals surface area contributed by atoms with Gasteiger partial charge in [-0.2, -0.15) is 10.3 Å². The number of hydrazine groups is 1. The summed E-state index contributed by atoms with van der Waals surface area (Å²) in [6.45, 7) is 5.97. The maximum absolute atomic E-state index is 5.46. The molecule has 5 rings (SSSR count). The van der Waals surface area contributed by atoms with E-state index >= 15 is 0 Å². The minimum Gasteiger partial charge on any atom is -0.482 e. The Morgan fingerprint density at radius 3 is 2.58 bits per heavy atom. The second-order valence-electron chi connectivity index (χ2n) is 8.25. The van der Waals surface area contributed by atoms with Gasteiger partial charge >= 0.3 is 0 Å². The summed E-state index contributed by atoms with van der Waals surface area (Å²) in [6, 6.07) is 16.8. The third-order valence-corrected chi connectivity index (χ3v) is 6.07. The van der Waals surface area contributed by atoms with Crippen molar-refractivity contribution in [3.05, 3.63) is 66.0 Å². The first-order valence-corrected chi connectivity index (χ1v) is 11.2. The van der Waals surface area contributed by atoms with Crippen molar-refractivity contribution < 1.29 is 4.74 Å². The molecule has 0 bridgehead atoms. The average molecular weight is 445 g/mol. The number of allylic oxidation sites excluding steroid dienone is 1. The molecule has 170 valence electrons. The number of hydrogen-bond acceptors (Lipinski definition) is 8. The molecule has 2 aliphatic rings. The monoisotopic (exact) mass is 444 g/mol. The highest BCUT2D eigenvalue weighted by Crippen LogP contribution is 2.32. The van der Waals surface area contributed by atoms with Gasteiger partial charge in [-0.05, 0) is 35.2 Å². The summed E-state index contributed by atoms with van der Waals surface area (Å²) in [5, 5.41) is 23.5. The number of fused-ring (bicyclic) bond motifs is 1. The van der Waals surface area contributed by atoms with Crippen LogP contribution in [0.1, 0.15) is 25.8 Å². The Labute approximate surface area is 193 Å². The topological polar surface area (TPSA) is 85.8 Å². The molecule has 0 amide bonds. The van der Waals surface area contributed by atoms with Gasteiger partial charge in [0.25, 0.3) is 0 Å². The highest BCUT2D eigenvalue weighted by Gasteiger charge is 2.37. The Hall–Kier alpha value is -3.88. The summed E-state index contributed by atoms with van der Waals surface area (Å²) in [5.74, 6) is 1.33. The molecular weight excluding hydrogens is 416 g/mol. The molecule has 0 saturated heterocycles. The average Bonchev–Trinajstić information content (AvgIpc) is 3.53. The lowest BCUT2D eigenvalue weighted by Gasteiger charge is -2.45. The van der Waals surface area contributed by atoms with E-state index < -0.39 is 0 Å². The van der Waals surface area contributed by atoms with Crippen LogP contribution in [0.4, 0.5) is 0 Å². The van der Waals surface area contributed by atoms with Crippen molar-refractivity contribution in [1.82, 2.24) is 35.7 Å². The van der Waals surface area contributed by atoms with Crippen LogP contribution in [0.25, 0.3) is 22.5 Å². The first-order valence-electron chi connectivity index (χ1n) is 11.2. The van der Waals surface area contributed by atoms with Gasteiger partial charge in [0.15, 0.2) is 0 Å². The summed E-state index contributed by atoms with van der Waals surface area (Å²) < 4.78 is 5.46. The number of tetrazole rings is 1. The lowest BCUT2D eigenvalue weighted by molar-refractivity contribution is -0.0776. The van der Waals surface area contributed by atoms with E-state index in [2.05, 4.69) is 86.0 Å². The van der Waals surface area contributed by atoms with Crippen LogP contribution in [0.5, 0.6) is 0 Å². The molecule has 0 spiro atoms. The number of rotatable bonds is 6. The number of ether oxygens (including phenoxy) is 1. The normalized spacial score (nSPS) is 17.7. The molecule has 0 radical (unpaired) electrons. The van der Waals surface area contributed by atoms with Gasteiger partial charge in [0.1, 0.15) is 12.7 Å². The highest BCUT2D eigenvalue weighted by atomic mass is 16.5. The summed E-state index contributed by atoms with van der Waals surface area (Å²) in [4.78, 5) is 2.38. The molecule has 0 fully saturated rings. The molecule has 3 heterocycles. The van der Waals surface area contributed by atoms with E-state index in [1.54, 1.807) is 7.11 Å². The molecule has 33 heavy (non-hydrogen) atoms. The number of hydrogen-bond donors (Lipinski definition) is 1. The van der Waals surface area contributed by atoms with Crippen molar-refractivity contribution >= 4 is 5.90 Å². The van der Waals surface area contributed by atoms with Crippen molar-refractivity contribution in [1.29, 1.82) is 0 Å². The van der Waals surface area contributed by atoms with Crippen molar-refractivity contribution in [3.8, 4) is 22.5 Å². The number of methoxy groups -OCH3 is 1. The van der Waals surface area contributed by atoms with Crippen LogP contribution in [0.15, 0.2) is 65.5 Å². The van der Waals surface area contributed by atoms with Crippen molar-refractivity contribution in [2.24, 2.45) is 5.10 Å². The van der Waals surface area contributed by atoms with Crippen LogP contribution >= 0.6 is 0 Å². The summed E-state index contributed by atoms with van der Waals surface area (Å²) >= 11 is 0. The van der Waals surface area contributed by atoms with Crippen molar-refractivity contribution in [3.63, 3.8) is 0 Å². The molecule has 1 N–H and O–H groups in total. The Kier molecular flexibility index (Phi) is 5.68. The highest BCUT2D eigenvalue weighted by molar-refractivity contribution is 5.80. The Morgan fingerprint density at radius 2 is 1.88 bits per heavy atom. The van der Waals surface area contributed by atoms with Crippen LogP contribution in [-0.2, 0) is 11.2 Å². The number of hydrazone groups is 1. The first kappa shape index (κ1) is 21.0. The van der Waals surface area contributed by atoms with Crippen molar-refractivity contribution in [2.45, 2.75) is 32.9 Å². The predicted octanol–water partition coefficient (Wildman–Crippen LogP) is 3.48. The smallest absolute Gasteiger partial charge is 0.229 e. The minimum absolute atomic E-state index is 0.0961. The van der Waals surface area contributed by atoms with E-state index in [0.29, 0.717) is 12.4 Å². The van der Waals surface area contributed by atoms with Gasteiger partial charge in [-0.1, -0.05) is 55.5 Å². The standard InChI is InChI=1S/C24H28N8O/c1-4-13-30-15-17(2)31-16-22(33-3)27-32(31)23(30)14-18-9-11-19(12-10-18)20-7-5-6-8-21(20)24-25-28-29-26-24/h5-12,15,23H,4,13-14,16H2,1-3H3,(H,25,26,28,29). The lowest BCUT2D eigenvalue weighted by atomic mass is 9.97. The molecule has 1 aromatic heterocycles. The largest absolute Gasteiger partial charge is 0.482 e. The van der Waals surface area contributed by atoms with Gasteiger partial charge in [0.2, 0.25) is 11.7 Å². The summed E-state index contributed by atoms with van der Waals surface area (Å²) in [7, 11) is 1.68. The van der Waals surface area contributed by atoms with Gasteiger partial charge < -0.3 is 9.64 Å². The zero-order valence-corrected chi connectivity index (χ0v) is 19.1. The maximum atomic E-state index is 5.46. The molecular formula is C24H28N8O. The van der Waals surface area contributed by atoms with Crippen LogP contribution in [0.2, 0.25) is 0 Å². The number of H-pyrrole nitrogens is 1.